The molecule has 4 aliphatic rings. The number of hydrazine groups is 1. The molecule has 4 amide bonds. The average molecular weight is 816 g/mol. The van der Waals surface area contributed by atoms with Gasteiger partial charge < -0.3 is 5.11 Å². The van der Waals surface area contributed by atoms with Crippen LogP contribution in [0.4, 0.5) is 24.7 Å². The van der Waals surface area contributed by atoms with Crippen LogP contribution in [0.3, 0.4) is 0 Å². The molecule has 1 saturated carbocycles. The quantitative estimate of drug-likeness (QED) is 0.135. The number of fused-ring (bicyclic) bond motifs is 4. The molecule has 2 aliphatic heterocycles. The summed E-state index contributed by atoms with van der Waals surface area (Å²) >= 11 is 12.6. The Kier molecular flexibility index (Phi) is 9.55. The number of nitrogens with zero attached hydrogens (tertiary/aromatic N) is 3. The average Bonchev–Trinajstić information content (AvgIpc) is 3.57. The Morgan fingerprint density at radius 3 is 2.35 bits per heavy atom. The zero-order chi connectivity index (χ0) is 40.6. The van der Waals surface area contributed by atoms with E-state index in [1.54, 1.807) is 60.7 Å². The van der Waals surface area contributed by atoms with Gasteiger partial charge in [-0.1, -0.05) is 90.3 Å². The molecule has 0 spiro atoms. The van der Waals surface area contributed by atoms with Gasteiger partial charge in [0.25, 0.3) is 11.8 Å². The lowest BCUT2D eigenvalue weighted by molar-refractivity contribution is -0.139. The minimum Gasteiger partial charge on any atom is -0.507 e. The highest BCUT2D eigenvalue weighted by Gasteiger charge is 2.70. The van der Waals surface area contributed by atoms with Crippen molar-refractivity contribution in [1.82, 2.24) is 9.99 Å². The molecule has 14 heteroatoms. The van der Waals surface area contributed by atoms with Crippen LogP contribution in [0.1, 0.15) is 53.5 Å². The van der Waals surface area contributed by atoms with Crippen molar-refractivity contribution in [2.75, 3.05) is 10.3 Å². The van der Waals surface area contributed by atoms with Crippen molar-refractivity contribution >= 4 is 58.3 Å². The number of allylic oxidation sites excluding steroid dienone is 3. The first-order chi connectivity index (χ1) is 27.2. The van der Waals surface area contributed by atoms with Gasteiger partial charge in [0, 0.05) is 22.7 Å². The first kappa shape index (κ1) is 38.4. The molecule has 292 valence electrons. The first-order valence-electron chi connectivity index (χ1n) is 18.4. The van der Waals surface area contributed by atoms with Crippen molar-refractivity contribution in [3.05, 3.63) is 141 Å². The van der Waals surface area contributed by atoms with Crippen LogP contribution in [-0.2, 0) is 43.6 Å². The number of hydrogen-bond donors (Lipinski definition) is 2. The van der Waals surface area contributed by atoms with Crippen LogP contribution in [0.2, 0.25) is 10.0 Å². The normalized spacial score (nSPS) is 25.6. The number of benzene rings is 3. The number of alkyl halides is 3. The molecule has 0 radical (unpaired) electrons. The highest BCUT2D eigenvalue weighted by Crippen LogP contribution is 2.65. The van der Waals surface area contributed by atoms with E-state index < -0.39 is 69.5 Å². The van der Waals surface area contributed by atoms with E-state index >= 15 is 4.79 Å². The highest BCUT2D eigenvalue weighted by molar-refractivity contribution is 6.33. The Balaban J connectivity index is 1.32. The maximum atomic E-state index is 15.4. The molecule has 2 saturated heterocycles. The molecule has 2 aliphatic carbocycles. The van der Waals surface area contributed by atoms with Crippen molar-refractivity contribution in [2.24, 2.45) is 23.7 Å². The van der Waals surface area contributed by atoms with Crippen molar-refractivity contribution in [3.8, 4) is 5.75 Å². The molecular weight excluding hydrogens is 780 g/mol. The molecule has 3 aromatic carbocycles. The van der Waals surface area contributed by atoms with Crippen LogP contribution in [0, 0.1) is 23.7 Å². The number of rotatable bonds is 8. The van der Waals surface area contributed by atoms with Crippen molar-refractivity contribution in [1.29, 1.82) is 0 Å². The van der Waals surface area contributed by atoms with Crippen molar-refractivity contribution < 1.29 is 37.5 Å². The summed E-state index contributed by atoms with van der Waals surface area (Å²) in [4.78, 5) is 64.1. The SMILES string of the molecule is C=CCc1cccc(C2C3=CCC4C(=O)N(c5ccc(CC)cc5)C(=O)C4C3CC3C(=O)N(Nc4ncc(C(F)(F)F)cc4Cl)C(=O)C32c2ccc(Cl)cc2)c1O. The fraction of sp³-hybridized carbons (Fsp3) is 0.279. The number of imide groups is 2. The minimum absolute atomic E-state index is 0.0577. The van der Waals surface area contributed by atoms with Crippen LogP contribution in [0.15, 0.2) is 103 Å². The molecule has 57 heavy (non-hydrogen) atoms. The molecule has 8 rings (SSSR count). The molecule has 2 N–H and O–H groups in total. The maximum Gasteiger partial charge on any atom is 0.417 e. The predicted octanol–water partition coefficient (Wildman–Crippen LogP) is 8.59. The van der Waals surface area contributed by atoms with Crippen LogP contribution in [-0.4, -0.2) is 38.7 Å². The van der Waals surface area contributed by atoms with E-state index in [0.29, 0.717) is 45.2 Å². The number of aromatic hydroxyl groups is 1. The lowest BCUT2D eigenvalue weighted by Gasteiger charge is -2.50. The van der Waals surface area contributed by atoms with Crippen LogP contribution < -0.4 is 10.3 Å². The van der Waals surface area contributed by atoms with Crippen molar-refractivity contribution in [2.45, 2.75) is 50.1 Å². The summed E-state index contributed by atoms with van der Waals surface area (Å²) in [5.74, 6) is -7.54. The Hall–Kier alpha value is -5.46. The smallest absolute Gasteiger partial charge is 0.417 e. The van der Waals surface area contributed by atoms with Gasteiger partial charge in [0.15, 0.2) is 5.82 Å². The molecule has 6 unspecified atom stereocenters. The number of carbonyl (C=O) groups is 4. The van der Waals surface area contributed by atoms with Gasteiger partial charge in [-0.3, -0.25) is 29.5 Å². The number of phenols is 1. The fourth-order valence-corrected chi connectivity index (χ4v) is 9.76. The van der Waals surface area contributed by atoms with Gasteiger partial charge in [0.1, 0.15) is 5.75 Å². The van der Waals surface area contributed by atoms with E-state index in [2.05, 4.69) is 17.0 Å². The first-order valence-corrected chi connectivity index (χ1v) is 19.2. The summed E-state index contributed by atoms with van der Waals surface area (Å²) in [7, 11) is 0. The summed E-state index contributed by atoms with van der Waals surface area (Å²) in [6.07, 6.45) is 0.398. The number of nitrogens with one attached hydrogen (secondary N) is 1. The van der Waals surface area contributed by atoms with Crippen LogP contribution in [0.25, 0.3) is 0 Å². The summed E-state index contributed by atoms with van der Waals surface area (Å²) in [6, 6.07) is 19.4. The third-order valence-corrected chi connectivity index (χ3v) is 12.5. The summed E-state index contributed by atoms with van der Waals surface area (Å²) in [5, 5.41) is 12.6. The van der Waals surface area contributed by atoms with E-state index in [4.69, 9.17) is 23.2 Å². The van der Waals surface area contributed by atoms with E-state index in [9.17, 15) is 32.7 Å². The predicted molar refractivity (Wildman–Crippen MR) is 207 cm³/mol. The largest absolute Gasteiger partial charge is 0.507 e. The molecule has 6 atom stereocenters. The monoisotopic (exact) mass is 814 g/mol. The number of aryl methyl sites for hydroxylation is 1. The van der Waals surface area contributed by atoms with Gasteiger partial charge in [-0.15, -0.1) is 6.58 Å². The maximum absolute atomic E-state index is 15.4. The Labute approximate surface area is 335 Å². The van der Waals surface area contributed by atoms with E-state index in [1.165, 1.54) is 4.90 Å². The zero-order valence-electron chi connectivity index (χ0n) is 30.4. The lowest BCUT2D eigenvalue weighted by atomic mass is 9.49. The van der Waals surface area contributed by atoms with Gasteiger partial charge in [0.2, 0.25) is 11.8 Å². The number of phenolic OH excluding ortho intramolecular Hbond substituents is 1. The lowest BCUT2D eigenvalue weighted by Crippen LogP contribution is -2.53. The third-order valence-electron chi connectivity index (χ3n) is 12.0. The van der Waals surface area contributed by atoms with Crippen LogP contribution in [0.5, 0.6) is 5.75 Å². The number of aromatic nitrogens is 1. The number of pyridine rings is 1. The number of amides is 4. The Bertz CT molecular complexity index is 2390. The second kappa shape index (κ2) is 14.2. The van der Waals surface area contributed by atoms with E-state index in [-0.39, 0.29) is 36.7 Å². The fourth-order valence-electron chi connectivity index (χ4n) is 9.43. The molecule has 0 bridgehead atoms. The number of anilines is 2. The standard InChI is InChI=1S/C43H35Cl2F3N4O5/c1-3-6-23-7-5-8-30(36(23)53)35-28-17-18-29-34(40(56)51(38(29)54)27-15-9-22(4-2)10-16-27)31(28)20-32-39(55)52(41(57)42(32,35)24-11-13-26(44)14-12-24)50-37-33(45)19-25(21-49-37)43(46,47)48/h3,5,7-17,19,21,29,31-32,34-35,53H,1,4,6,18,20H2,2H3,(H,49,50). The van der Waals surface area contributed by atoms with Gasteiger partial charge in [0.05, 0.1) is 39.4 Å². The Morgan fingerprint density at radius 2 is 1.70 bits per heavy atom. The number of carbonyl (C=O) groups excluding carboxylic acids is 4. The van der Waals surface area contributed by atoms with Gasteiger partial charge in [-0.25, -0.2) is 4.98 Å². The summed E-state index contributed by atoms with van der Waals surface area (Å²) in [6.45, 7) is 5.81. The van der Waals surface area contributed by atoms with E-state index in [0.717, 1.165) is 17.0 Å². The number of hydrogen-bond acceptors (Lipinski definition) is 7. The zero-order valence-corrected chi connectivity index (χ0v) is 31.9. The molecule has 3 fully saturated rings. The molecule has 1 aromatic heterocycles. The summed E-state index contributed by atoms with van der Waals surface area (Å²) in [5.41, 5.74) is 2.94. The second-order valence-corrected chi connectivity index (χ2v) is 15.6. The van der Waals surface area contributed by atoms with Gasteiger partial charge >= 0.3 is 6.18 Å². The number of para-hydroxylation sites is 1. The van der Waals surface area contributed by atoms with Gasteiger partial charge in [-0.05, 0) is 78.6 Å². The van der Waals surface area contributed by atoms with Crippen LogP contribution >= 0.6 is 23.2 Å². The van der Waals surface area contributed by atoms with Crippen molar-refractivity contribution in [3.63, 3.8) is 0 Å². The third kappa shape index (κ3) is 5.94. The molecule has 3 heterocycles. The number of halogens is 5. The molecule has 9 nitrogen and oxygen atoms in total. The van der Waals surface area contributed by atoms with E-state index in [1.807, 2.05) is 25.1 Å². The Morgan fingerprint density at radius 1 is 0.982 bits per heavy atom. The second-order valence-electron chi connectivity index (χ2n) is 14.8. The summed E-state index contributed by atoms with van der Waals surface area (Å²) < 4.78 is 40.6. The highest BCUT2D eigenvalue weighted by atomic mass is 35.5. The van der Waals surface area contributed by atoms with Gasteiger partial charge in [-0.2, -0.15) is 18.2 Å². The topological polar surface area (TPSA) is 120 Å². The minimum atomic E-state index is -4.76. The molecule has 4 aromatic rings. The molecular formula is C43H35Cl2F3N4O5.